The van der Waals surface area contributed by atoms with Crippen molar-refractivity contribution >= 4 is 18.2 Å². The minimum Gasteiger partial charge on any atom is -0.334 e. The molecule has 2 aromatic rings. The number of imidazole rings is 1. The lowest BCUT2D eigenvalue weighted by Crippen LogP contribution is -2.23. The summed E-state index contributed by atoms with van der Waals surface area (Å²) in [5.41, 5.74) is 0.932. The molecule has 0 radical (unpaired) electrons. The van der Waals surface area contributed by atoms with E-state index in [1.807, 2.05) is 30.3 Å². The fourth-order valence-corrected chi connectivity index (χ4v) is 1.68. The van der Waals surface area contributed by atoms with Crippen molar-refractivity contribution in [2.24, 2.45) is 5.92 Å². The molecule has 0 aliphatic carbocycles. The van der Waals surface area contributed by atoms with Crippen LogP contribution in [-0.2, 0) is 4.79 Å². The van der Waals surface area contributed by atoms with Gasteiger partial charge < -0.3 is 4.84 Å². The minimum absolute atomic E-state index is 0.188. The van der Waals surface area contributed by atoms with Gasteiger partial charge in [0.05, 0.1) is 12.1 Å². The van der Waals surface area contributed by atoms with E-state index in [9.17, 15) is 4.79 Å². The molecular weight excluding hydrogens is 248 g/mol. The van der Waals surface area contributed by atoms with Crippen molar-refractivity contribution < 1.29 is 9.63 Å². The smallest absolute Gasteiger partial charge is 0.334 e. The summed E-state index contributed by atoms with van der Waals surface area (Å²) in [6, 6.07) is 9.65. The summed E-state index contributed by atoms with van der Waals surface area (Å²) in [6.07, 6.45) is 3.40. The second-order valence-electron chi connectivity index (χ2n) is 4.18. The van der Waals surface area contributed by atoms with Crippen molar-refractivity contribution in [3.05, 3.63) is 47.5 Å². The first-order valence-corrected chi connectivity index (χ1v) is 6.08. The van der Waals surface area contributed by atoms with Crippen LogP contribution in [0.5, 0.6) is 0 Å². The Bertz CT molecular complexity index is 599. The summed E-state index contributed by atoms with van der Waals surface area (Å²) in [6.45, 7) is 3.56. The van der Waals surface area contributed by atoms with Crippen molar-refractivity contribution in [3.8, 4) is 5.69 Å². The summed E-state index contributed by atoms with van der Waals surface area (Å²) in [7, 11) is 0. The van der Waals surface area contributed by atoms with Gasteiger partial charge in [-0.05, 0) is 24.4 Å². The molecule has 1 aromatic heterocycles. The van der Waals surface area contributed by atoms with Crippen LogP contribution in [0.1, 0.15) is 13.8 Å². The van der Waals surface area contributed by atoms with Crippen LogP contribution >= 0.6 is 12.2 Å². The number of aromatic nitrogens is 2. The summed E-state index contributed by atoms with van der Waals surface area (Å²) < 4.78 is 3.52. The van der Waals surface area contributed by atoms with Gasteiger partial charge in [-0.3, -0.25) is 4.57 Å². The predicted octanol–water partition coefficient (Wildman–Crippen LogP) is 2.62. The molecule has 0 bridgehead atoms. The first-order valence-electron chi connectivity index (χ1n) is 5.67. The summed E-state index contributed by atoms with van der Waals surface area (Å²) in [4.78, 5) is 16.7. The van der Waals surface area contributed by atoms with Crippen LogP contribution in [0.25, 0.3) is 5.69 Å². The Kier molecular flexibility index (Phi) is 3.62. The molecule has 5 heteroatoms. The van der Waals surface area contributed by atoms with E-state index < -0.39 is 0 Å². The van der Waals surface area contributed by atoms with Gasteiger partial charge in [0.2, 0.25) is 4.77 Å². The molecule has 0 N–H and O–H groups in total. The normalized spacial score (nSPS) is 10.6. The van der Waals surface area contributed by atoms with Crippen molar-refractivity contribution in [1.82, 2.24) is 9.30 Å². The number of hydrogen-bond acceptors (Lipinski definition) is 3. The molecule has 94 valence electrons. The highest BCUT2D eigenvalue weighted by Gasteiger charge is 2.11. The van der Waals surface area contributed by atoms with Gasteiger partial charge in [0.1, 0.15) is 0 Å². The van der Waals surface area contributed by atoms with Crippen molar-refractivity contribution in [3.63, 3.8) is 0 Å². The highest BCUT2D eigenvalue weighted by atomic mass is 32.1. The van der Waals surface area contributed by atoms with Crippen LogP contribution in [-0.4, -0.2) is 15.3 Å². The van der Waals surface area contributed by atoms with E-state index in [0.29, 0.717) is 4.77 Å². The lowest BCUT2D eigenvalue weighted by molar-refractivity contribution is -0.148. The Hall–Kier alpha value is -1.88. The zero-order chi connectivity index (χ0) is 13.1. The van der Waals surface area contributed by atoms with Gasteiger partial charge in [0.15, 0.2) is 0 Å². The highest BCUT2D eigenvalue weighted by molar-refractivity contribution is 7.71. The van der Waals surface area contributed by atoms with Gasteiger partial charge >= 0.3 is 5.97 Å². The van der Waals surface area contributed by atoms with E-state index in [-0.39, 0.29) is 11.9 Å². The molecule has 2 rings (SSSR count). The van der Waals surface area contributed by atoms with Crippen molar-refractivity contribution in [2.75, 3.05) is 0 Å². The van der Waals surface area contributed by atoms with Gasteiger partial charge in [0.25, 0.3) is 0 Å². The molecule has 0 fully saturated rings. The zero-order valence-corrected chi connectivity index (χ0v) is 11.1. The summed E-state index contributed by atoms with van der Waals surface area (Å²) in [5.74, 6) is -0.496. The molecule has 0 unspecified atom stereocenters. The molecular formula is C13H14N2O2S. The molecule has 0 aliphatic heterocycles. The lowest BCUT2D eigenvalue weighted by atomic mass is 10.2. The third-order valence-corrected chi connectivity index (χ3v) is 2.82. The molecule has 0 amide bonds. The predicted molar refractivity (Wildman–Crippen MR) is 71.0 cm³/mol. The van der Waals surface area contributed by atoms with E-state index >= 15 is 0 Å². The maximum Gasteiger partial charge on any atom is 0.335 e. The van der Waals surface area contributed by atoms with Crippen LogP contribution in [0.3, 0.4) is 0 Å². The highest BCUT2D eigenvalue weighted by Crippen LogP contribution is 2.08. The monoisotopic (exact) mass is 262 g/mol. The van der Waals surface area contributed by atoms with E-state index in [0.717, 1.165) is 5.69 Å². The van der Waals surface area contributed by atoms with Crippen LogP contribution in [0.2, 0.25) is 0 Å². The topological polar surface area (TPSA) is 36.2 Å². The average molecular weight is 262 g/mol. The molecule has 1 aromatic carbocycles. The quantitative estimate of drug-likeness (QED) is 0.798. The summed E-state index contributed by atoms with van der Waals surface area (Å²) in [5, 5.41) is 0. The van der Waals surface area contributed by atoms with E-state index in [1.165, 1.54) is 4.73 Å². The van der Waals surface area contributed by atoms with Gasteiger partial charge in [0, 0.05) is 11.9 Å². The van der Waals surface area contributed by atoms with Gasteiger partial charge in [-0.1, -0.05) is 32.0 Å². The van der Waals surface area contributed by atoms with Crippen LogP contribution < -0.4 is 4.84 Å². The molecule has 0 spiro atoms. The number of para-hydroxylation sites is 1. The number of benzene rings is 1. The number of nitrogens with zero attached hydrogens (tertiary/aromatic N) is 2. The fraction of sp³-hybridized carbons (Fsp3) is 0.231. The zero-order valence-electron chi connectivity index (χ0n) is 10.2. The number of hydrogen-bond donors (Lipinski definition) is 0. The Morgan fingerprint density at radius 3 is 2.50 bits per heavy atom. The minimum atomic E-state index is -0.308. The van der Waals surface area contributed by atoms with Crippen LogP contribution in [0.4, 0.5) is 0 Å². The largest absolute Gasteiger partial charge is 0.335 e. The maximum atomic E-state index is 11.5. The van der Waals surface area contributed by atoms with Crippen LogP contribution in [0, 0.1) is 10.7 Å². The SMILES string of the molecule is CC(C)C(=O)On1ccn(-c2ccccc2)c1=S. The van der Waals surface area contributed by atoms with Crippen LogP contribution in [0.15, 0.2) is 42.7 Å². The van der Waals surface area contributed by atoms with Gasteiger partial charge in [-0.25, -0.2) is 4.79 Å². The average Bonchev–Trinajstić information content (AvgIpc) is 2.72. The maximum absolute atomic E-state index is 11.5. The van der Waals surface area contributed by atoms with E-state index in [4.69, 9.17) is 17.1 Å². The van der Waals surface area contributed by atoms with Gasteiger partial charge in [-0.15, -0.1) is 0 Å². The second-order valence-corrected chi connectivity index (χ2v) is 4.54. The van der Waals surface area contributed by atoms with E-state index in [2.05, 4.69) is 0 Å². The van der Waals surface area contributed by atoms with E-state index in [1.54, 1.807) is 30.8 Å². The number of carbonyl (C=O) groups excluding carboxylic acids is 1. The summed E-state index contributed by atoms with van der Waals surface area (Å²) >= 11 is 5.26. The Balaban J connectivity index is 2.30. The van der Waals surface area contributed by atoms with Crippen molar-refractivity contribution in [2.45, 2.75) is 13.8 Å². The fourth-order valence-electron chi connectivity index (χ4n) is 1.42. The lowest BCUT2D eigenvalue weighted by Gasteiger charge is -2.06. The Morgan fingerprint density at radius 2 is 1.89 bits per heavy atom. The number of carbonyl (C=O) groups is 1. The second kappa shape index (κ2) is 5.18. The molecule has 0 atom stereocenters. The first kappa shape index (κ1) is 12.6. The number of rotatable bonds is 3. The third kappa shape index (κ3) is 2.51. The Labute approximate surface area is 110 Å². The van der Waals surface area contributed by atoms with Crippen molar-refractivity contribution in [1.29, 1.82) is 0 Å². The Morgan fingerprint density at radius 1 is 1.22 bits per heavy atom. The third-order valence-electron chi connectivity index (χ3n) is 2.44. The first-order chi connectivity index (χ1) is 8.59. The van der Waals surface area contributed by atoms with Gasteiger partial charge in [-0.2, -0.15) is 4.73 Å². The molecule has 18 heavy (non-hydrogen) atoms. The molecule has 0 saturated heterocycles. The molecule has 0 saturated carbocycles. The molecule has 1 heterocycles. The standard InChI is InChI=1S/C13H14N2O2S/c1-10(2)12(16)17-15-9-8-14(13(15)18)11-6-4-3-5-7-11/h3-10H,1-2H3. The molecule has 4 nitrogen and oxygen atoms in total. The molecule has 0 aliphatic rings.